The summed E-state index contributed by atoms with van der Waals surface area (Å²) in [6.45, 7) is 0.792. The molecule has 6 heteroatoms. The zero-order valence-corrected chi connectivity index (χ0v) is 17.9. The summed E-state index contributed by atoms with van der Waals surface area (Å²) in [6.07, 6.45) is 5.53. The number of likely N-dealkylation sites (N-methyl/N-ethyl adjacent to an activating group) is 1. The van der Waals surface area contributed by atoms with Gasteiger partial charge in [0.2, 0.25) is 11.8 Å². The third-order valence-electron chi connectivity index (χ3n) is 5.22. The van der Waals surface area contributed by atoms with Gasteiger partial charge in [0.1, 0.15) is 0 Å². The molecule has 0 saturated heterocycles. The maximum Gasteiger partial charge on any atom is 0.238 e. The summed E-state index contributed by atoms with van der Waals surface area (Å²) in [7, 11) is 1.86. The largest absolute Gasteiger partial charge is 0.349 e. The lowest BCUT2D eigenvalue weighted by Gasteiger charge is -2.26. The van der Waals surface area contributed by atoms with Crippen LogP contribution in [0.2, 0.25) is 0 Å². The minimum atomic E-state index is -0.0735. The first-order chi connectivity index (χ1) is 14.1. The first-order valence-corrected chi connectivity index (χ1v) is 11.3. The predicted molar refractivity (Wildman–Crippen MR) is 119 cm³/mol. The highest BCUT2D eigenvalue weighted by Gasteiger charge is 2.21. The number of aryl methyl sites for hydroxylation is 1. The molecular weight excluding hydrogens is 382 g/mol. The molecule has 154 valence electrons. The summed E-state index contributed by atoms with van der Waals surface area (Å²) in [5, 5.41) is 6.12. The second-order valence-corrected chi connectivity index (χ2v) is 8.30. The van der Waals surface area contributed by atoms with Gasteiger partial charge in [-0.1, -0.05) is 36.4 Å². The number of nitrogens with zero attached hydrogens (tertiary/aromatic N) is 1. The number of carbonyl (C=O) groups excluding carboxylic acids is 2. The van der Waals surface area contributed by atoms with E-state index in [4.69, 9.17) is 0 Å². The molecule has 2 aromatic carbocycles. The summed E-state index contributed by atoms with van der Waals surface area (Å²) in [6, 6.07) is 16.2. The number of hydrogen-bond acceptors (Lipinski definition) is 4. The van der Waals surface area contributed by atoms with Gasteiger partial charge in [-0.05, 0) is 55.8 Å². The van der Waals surface area contributed by atoms with Crippen LogP contribution in [-0.2, 0) is 16.0 Å². The molecule has 0 heterocycles. The normalized spacial score (nSPS) is 15.6. The Balaban J connectivity index is 1.44. The van der Waals surface area contributed by atoms with Crippen molar-refractivity contribution in [2.24, 2.45) is 0 Å². The SMILES string of the molecule is CSc1ccccc1NC(=O)CN(C)CCC(=O)NC1CCCc2ccccc21. The number of para-hydroxylation sites is 1. The van der Waals surface area contributed by atoms with Gasteiger partial charge in [0.25, 0.3) is 0 Å². The average Bonchev–Trinajstić information content (AvgIpc) is 2.73. The lowest BCUT2D eigenvalue weighted by Crippen LogP contribution is -2.35. The third-order valence-corrected chi connectivity index (χ3v) is 6.02. The molecular formula is C23H29N3O2S. The minimum absolute atomic E-state index is 0.0340. The Labute approximate surface area is 177 Å². The number of thioether (sulfide) groups is 1. The number of hydrogen-bond donors (Lipinski definition) is 2. The van der Waals surface area contributed by atoms with Crippen molar-refractivity contribution in [2.75, 3.05) is 31.7 Å². The zero-order chi connectivity index (χ0) is 20.6. The quantitative estimate of drug-likeness (QED) is 0.648. The second kappa shape index (κ2) is 10.5. The van der Waals surface area contributed by atoms with Gasteiger partial charge in [-0.15, -0.1) is 11.8 Å². The molecule has 1 aliphatic rings. The fourth-order valence-corrected chi connectivity index (χ4v) is 4.28. The van der Waals surface area contributed by atoms with Gasteiger partial charge in [0, 0.05) is 17.9 Å². The second-order valence-electron chi connectivity index (χ2n) is 7.45. The lowest BCUT2D eigenvalue weighted by atomic mass is 9.87. The van der Waals surface area contributed by atoms with Crippen LogP contribution >= 0.6 is 11.8 Å². The van der Waals surface area contributed by atoms with E-state index in [0.717, 1.165) is 29.8 Å². The molecule has 1 atom stereocenters. The summed E-state index contributed by atoms with van der Waals surface area (Å²) >= 11 is 1.60. The molecule has 2 amide bonds. The van der Waals surface area contributed by atoms with E-state index in [1.165, 1.54) is 11.1 Å². The highest BCUT2D eigenvalue weighted by molar-refractivity contribution is 7.98. The smallest absolute Gasteiger partial charge is 0.238 e. The van der Waals surface area contributed by atoms with Gasteiger partial charge in [-0.2, -0.15) is 0 Å². The Kier molecular flexibility index (Phi) is 7.72. The van der Waals surface area contributed by atoms with Crippen LogP contribution in [0.25, 0.3) is 0 Å². The molecule has 3 rings (SSSR count). The third kappa shape index (κ3) is 6.08. The number of fused-ring (bicyclic) bond motifs is 1. The van der Waals surface area contributed by atoms with Gasteiger partial charge in [-0.25, -0.2) is 0 Å². The molecule has 0 bridgehead atoms. The molecule has 5 nitrogen and oxygen atoms in total. The monoisotopic (exact) mass is 411 g/mol. The summed E-state index contributed by atoms with van der Waals surface area (Å²) < 4.78 is 0. The van der Waals surface area contributed by atoms with Crippen LogP contribution in [0, 0.1) is 0 Å². The molecule has 2 aromatic rings. The van der Waals surface area contributed by atoms with Crippen LogP contribution in [-0.4, -0.2) is 43.1 Å². The van der Waals surface area contributed by atoms with Gasteiger partial charge in [-0.3, -0.25) is 14.5 Å². The molecule has 0 fully saturated rings. The molecule has 0 saturated carbocycles. The number of amides is 2. The van der Waals surface area contributed by atoms with Crippen molar-refractivity contribution in [2.45, 2.75) is 36.6 Å². The average molecular weight is 412 g/mol. The lowest BCUT2D eigenvalue weighted by molar-refractivity contribution is -0.123. The van der Waals surface area contributed by atoms with Crippen molar-refractivity contribution < 1.29 is 9.59 Å². The van der Waals surface area contributed by atoms with Crippen LogP contribution in [0.1, 0.15) is 36.4 Å². The highest BCUT2D eigenvalue weighted by atomic mass is 32.2. The Morgan fingerprint density at radius 2 is 1.86 bits per heavy atom. The molecule has 0 spiro atoms. The van der Waals surface area contributed by atoms with Crippen molar-refractivity contribution in [3.8, 4) is 0 Å². The number of carbonyl (C=O) groups is 2. The number of anilines is 1. The van der Waals surface area contributed by atoms with Gasteiger partial charge in [0.15, 0.2) is 0 Å². The van der Waals surface area contributed by atoms with Crippen molar-refractivity contribution in [1.82, 2.24) is 10.2 Å². The number of benzene rings is 2. The van der Waals surface area contributed by atoms with E-state index in [1.807, 2.05) is 48.5 Å². The Morgan fingerprint density at radius 1 is 1.10 bits per heavy atom. The van der Waals surface area contributed by atoms with E-state index in [-0.39, 0.29) is 24.4 Å². The van der Waals surface area contributed by atoms with E-state index in [0.29, 0.717) is 13.0 Å². The summed E-state index contributed by atoms with van der Waals surface area (Å²) in [5.74, 6) is -0.0395. The van der Waals surface area contributed by atoms with Gasteiger partial charge < -0.3 is 10.6 Å². The molecule has 0 aromatic heterocycles. The van der Waals surface area contributed by atoms with Gasteiger partial charge in [0.05, 0.1) is 18.3 Å². The fourth-order valence-electron chi connectivity index (χ4n) is 3.72. The molecule has 1 aliphatic carbocycles. The standard InChI is InChI=1S/C23H29N3O2S/c1-26(16-23(28)25-20-11-5-6-13-21(20)29-2)15-14-22(27)24-19-12-7-9-17-8-3-4-10-18(17)19/h3-6,8,10-11,13,19H,7,9,12,14-16H2,1-2H3,(H,24,27)(H,25,28). The molecule has 29 heavy (non-hydrogen) atoms. The van der Waals surface area contributed by atoms with E-state index in [1.54, 1.807) is 11.8 Å². The first-order valence-electron chi connectivity index (χ1n) is 10.1. The predicted octanol–water partition coefficient (Wildman–Crippen LogP) is 3.86. The van der Waals surface area contributed by atoms with Crippen LogP contribution in [0.3, 0.4) is 0 Å². The topological polar surface area (TPSA) is 61.4 Å². The first kappa shape index (κ1) is 21.4. The molecule has 0 radical (unpaired) electrons. The number of rotatable bonds is 8. The zero-order valence-electron chi connectivity index (χ0n) is 17.1. The Morgan fingerprint density at radius 3 is 2.69 bits per heavy atom. The molecule has 0 aliphatic heterocycles. The summed E-state index contributed by atoms with van der Waals surface area (Å²) in [5.41, 5.74) is 3.41. The van der Waals surface area contributed by atoms with Crippen LogP contribution in [0.4, 0.5) is 5.69 Å². The van der Waals surface area contributed by atoms with Crippen LogP contribution in [0.5, 0.6) is 0 Å². The highest BCUT2D eigenvalue weighted by Crippen LogP contribution is 2.29. The molecule has 2 N–H and O–H groups in total. The van der Waals surface area contributed by atoms with Crippen molar-refractivity contribution in [3.63, 3.8) is 0 Å². The maximum absolute atomic E-state index is 12.4. The fraction of sp³-hybridized carbons (Fsp3) is 0.391. The van der Waals surface area contributed by atoms with Gasteiger partial charge >= 0.3 is 0 Å². The van der Waals surface area contributed by atoms with E-state index < -0.39 is 0 Å². The Hall–Kier alpha value is -2.31. The van der Waals surface area contributed by atoms with Crippen molar-refractivity contribution in [3.05, 3.63) is 59.7 Å². The minimum Gasteiger partial charge on any atom is -0.349 e. The van der Waals surface area contributed by atoms with Crippen LogP contribution < -0.4 is 10.6 Å². The molecule has 1 unspecified atom stereocenters. The van der Waals surface area contributed by atoms with Crippen LogP contribution in [0.15, 0.2) is 53.4 Å². The maximum atomic E-state index is 12.4. The summed E-state index contributed by atoms with van der Waals surface area (Å²) in [4.78, 5) is 27.7. The van der Waals surface area contributed by atoms with Crippen molar-refractivity contribution >= 4 is 29.3 Å². The van der Waals surface area contributed by atoms with E-state index >= 15 is 0 Å². The Bertz CT molecular complexity index is 856. The van der Waals surface area contributed by atoms with E-state index in [2.05, 4.69) is 28.8 Å². The number of nitrogens with one attached hydrogen (secondary N) is 2. The van der Waals surface area contributed by atoms with Crippen molar-refractivity contribution in [1.29, 1.82) is 0 Å². The van der Waals surface area contributed by atoms with E-state index in [9.17, 15) is 9.59 Å².